The van der Waals surface area contributed by atoms with Crippen molar-refractivity contribution >= 4 is 11.0 Å². The molecular formula is C11H10O2. The summed E-state index contributed by atoms with van der Waals surface area (Å²) in [5.74, 6) is 0.698. The molecule has 1 heterocycles. The molecule has 1 aromatic carbocycles. The van der Waals surface area contributed by atoms with Gasteiger partial charge in [-0.15, -0.1) is 0 Å². The fourth-order valence-corrected chi connectivity index (χ4v) is 1.35. The van der Waals surface area contributed by atoms with E-state index in [-0.39, 0.29) is 5.43 Å². The molecule has 0 amide bonds. The summed E-state index contributed by atoms with van der Waals surface area (Å²) in [6.45, 7) is 3.59. The zero-order valence-electron chi connectivity index (χ0n) is 7.63. The summed E-state index contributed by atoms with van der Waals surface area (Å²) >= 11 is 0. The second kappa shape index (κ2) is 2.73. The van der Waals surface area contributed by atoms with Crippen LogP contribution in [0, 0.1) is 13.8 Å². The zero-order chi connectivity index (χ0) is 9.42. The first-order chi connectivity index (χ1) is 6.20. The normalized spacial score (nSPS) is 10.6. The highest BCUT2D eigenvalue weighted by Crippen LogP contribution is 2.13. The number of fused-ring (bicyclic) bond motifs is 1. The standard InChI is InChI=1S/C11H10O2/c1-7-8(2)13-10-6-4-3-5-9(10)11(7)12/h3-6H,1-2H3. The van der Waals surface area contributed by atoms with E-state index >= 15 is 0 Å². The van der Waals surface area contributed by atoms with Gasteiger partial charge in [0.05, 0.1) is 5.39 Å². The fourth-order valence-electron chi connectivity index (χ4n) is 1.35. The Bertz CT molecular complexity index is 509. The van der Waals surface area contributed by atoms with Crippen LogP contribution >= 0.6 is 0 Å². The SMILES string of the molecule is Cc1oc2ccccc2c(=O)c1C. The summed E-state index contributed by atoms with van der Waals surface area (Å²) in [6.07, 6.45) is 0. The third kappa shape index (κ3) is 1.15. The largest absolute Gasteiger partial charge is 0.461 e. The minimum absolute atomic E-state index is 0.0688. The highest BCUT2D eigenvalue weighted by molar-refractivity contribution is 5.76. The molecule has 0 radical (unpaired) electrons. The van der Waals surface area contributed by atoms with Gasteiger partial charge in [-0.1, -0.05) is 12.1 Å². The Kier molecular flexibility index (Phi) is 1.69. The molecule has 0 N–H and O–H groups in total. The van der Waals surface area contributed by atoms with Crippen molar-refractivity contribution in [1.29, 1.82) is 0 Å². The molecule has 0 bridgehead atoms. The number of hydrogen-bond donors (Lipinski definition) is 0. The van der Waals surface area contributed by atoms with Gasteiger partial charge in [0.15, 0.2) is 5.43 Å². The van der Waals surface area contributed by atoms with Crippen LogP contribution in [-0.4, -0.2) is 0 Å². The second-order valence-electron chi connectivity index (χ2n) is 3.11. The van der Waals surface area contributed by atoms with Crippen LogP contribution in [-0.2, 0) is 0 Å². The summed E-state index contributed by atoms with van der Waals surface area (Å²) in [7, 11) is 0. The highest BCUT2D eigenvalue weighted by Gasteiger charge is 2.05. The fraction of sp³-hybridized carbons (Fsp3) is 0.182. The Hall–Kier alpha value is -1.57. The van der Waals surface area contributed by atoms with Crippen LogP contribution in [0.3, 0.4) is 0 Å². The first-order valence-electron chi connectivity index (χ1n) is 4.19. The van der Waals surface area contributed by atoms with E-state index in [1.165, 1.54) is 0 Å². The van der Waals surface area contributed by atoms with Crippen molar-refractivity contribution in [2.45, 2.75) is 13.8 Å². The molecule has 0 aliphatic rings. The summed E-state index contributed by atoms with van der Waals surface area (Å²) in [5, 5.41) is 0.658. The molecule has 0 saturated heterocycles. The van der Waals surface area contributed by atoms with Crippen molar-refractivity contribution in [1.82, 2.24) is 0 Å². The van der Waals surface area contributed by atoms with E-state index in [1.807, 2.05) is 25.1 Å². The average Bonchev–Trinajstić information content (AvgIpc) is 2.15. The number of aryl methyl sites for hydroxylation is 1. The Morgan fingerprint density at radius 3 is 2.62 bits per heavy atom. The molecule has 0 fully saturated rings. The maximum Gasteiger partial charge on any atom is 0.195 e. The molecule has 66 valence electrons. The predicted molar refractivity (Wildman–Crippen MR) is 52.0 cm³/mol. The second-order valence-corrected chi connectivity index (χ2v) is 3.11. The monoisotopic (exact) mass is 174 g/mol. The molecule has 0 aliphatic heterocycles. The van der Waals surface area contributed by atoms with Gasteiger partial charge in [0.2, 0.25) is 0 Å². The van der Waals surface area contributed by atoms with Gasteiger partial charge in [0, 0.05) is 5.56 Å². The summed E-state index contributed by atoms with van der Waals surface area (Å²) < 4.78 is 5.47. The molecule has 13 heavy (non-hydrogen) atoms. The highest BCUT2D eigenvalue weighted by atomic mass is 16.3. The van der Waals surface area contributed by atoms with Gasteiger partial charge in [0.25, 0.3) is 0 Å². The molecule has 2 heteroatoms. The van der Waals surface area contributed by atoms with Gasteiger partial charge >= 0.3 is 0 Å². The number of benzene rings is 1. The van der Waals surface area contributed by atoms with Gasteiger partial charge in [-0.3, -0.25) is 4.79 Å². The Balaban J connectivity index is 3.03. The van der Waals surface area contributed by atoms with Crippen LogP contribution in [0.25, 0.3) is 11.0 Å². The first kappa shape index (κ1) is 8.05. The van der Waals surface area contributed by atoms with Crippen LogP contribution in [0.5, 0.6) is 0 Å². The van der Waals surface area contributed by atoms with Gasteiger partial charge < -0.3 is 4.42 Å². The Morgan fingerprint density at radius 1 is 1.15 bits per heavy atom. The molecule has 0 spiro atoms. The van der Waals surface area contributed by atoms with E-state index in [1.54, 1.807) is 13.0 Å². The van der Waals surface area contributed by atoms with Crippen molar-refractivity contribution in [3.8, 4) is 0 Å². The first-order valence-corrected chi connectivity index (χ1v) is 4.19. The molecular weight excluding hydrogens is 164 g/mol. The average molecular weight is 174 g/mol. The van der Waals surface area contributed by atoms with Crippen LogP contribution in [0.4, 0.5) is 0 Å². The quantitative estimate of drug-likeness (QED) is 0.614. The molecule has 0 saturated carbocycles. The maximum absolute atomic E-state index is 11.7. The third-order valence-corrected chi connectivity index (χ3v) is 2.26. The molecule has 0 unspecified atom stereocenters. The maximum atomic E-state index is 11.7. The minimum atomic E-state index is 0.0688. The predicted octanol–water partition coefficient (Wildman–Crippen LogP) is 2.41. The van der Waals surface area contributed by atoms with Crippen molar-refractivity contribution in [2.24, 2.45) is 0 Å². The number of hydrogen-bond acceptors (Lipinski definition) is 2. The smallest absolute Gasteiger partial charge is 0.195 e. The lowest BCUT2D eigenvalue weighted by molar-refractivity contribution is 0.559. The van der Waals surface area contributed by atoms with E-state index in [9.17, 15) is 4.79 Å². The van der Waals surface area contributed by atoms with Crippen LogP contribution in [0.2, 0.25) is 0 Å². The van der Waals surface area contributed by atoms with Crippen molar-refractivity contribution < 1.29 is 4.42 Å². The topological polar surface area (TPSA) is 30.2 Å². The van der Waals surface area contributed by atoms with Crippen LogP contribution < -0.4 is 5.43 Å². The van der Waals surface area contributed by atoms with E-state index in [0.717, 1.165) is 0 Å². The molecule has 0 aliphatic carbocycles. The molecule has 2 nitrogen and oxygen atoms in total. The van der Waals surface area contributed by atoms with Crippen molar-refractivity contribution in [3.05, 3.63) is 45.8 Å². The molecule has 2 rings (SSSR count). The van der Waals surface area contributed by atoms with Crippen LogP contribution in [0.1, 0.15) is 11.3 Å². The lowest BCUT2D eigenvalue weighted by Gasteiger charge is -2.00. The molecule has 1 aromatic heterocycles. The lowest BCUT2D eigenvalue weighted by atomic mass is 10.1. The van der Waals surface area contributed by atoms with Gasteiger partial charge in [0.1, 0.15) is 11.3 Å². The van der Waals surface area contributed by atoms with E-state index in [2.05, 4.69) is 0 Å². The van der Waals surface area contributed by atoms with E-state index in [0.29, 0.717) is 22.3 Å². The third-order valence-electron chi connectivity index (χ3n) is 2.26. The Morgan fingerprint density at radius 2 is 1.85 bits per heavy atom. The van der Waals surface area contributed by atoms with Crippen LogP contribution in [0.15, 0.2) is 33.5 Å². The number of para-hydroxylation sites is 1. The lowest BCUT2D eigenvalue weighted by Crippen LogP contribution is -2.06. The molecule has 0 atom stereocenters. The van der Waals surface area contributed by atoms with E-state index < -0.39 is 0 Å². The van der Waals surface area contributed by atoms with Gasteiger partial charge in [-0.05, 0) is 26.0 Å². The Labute approximate surface area is 75.8 Å². The van der Waals surface area contributed by atoms with Gasteiger partial charge in [-0.25, -0.2) is 0 Å². The zero-order valence-corrected chi connectivity index (χ0v) is 7.63. The summed E-state index contributed by atoms with van der Waals surface area (Å²) in [6, 6.07) is 7.30. The summed E-state index contributed by atoms with van der Waals surface area (Å²) in [5.41, 5.74) is 1.42. The van der Waals surface area contributed by atoms with Gasteiger partial charge in [-0.2, -0.15) is 0 Å². The van der Waals surface area contributed by atoms with Crippen molar-refractivity contribution in [3.63, 3.8) is 0 Å². The minimum Gasteiger partial charge on any atom is -0.461 e. The van der Waals surface area contributed by atoms with E-state index in [4.69, 9.17) is 4.42 Å². The number of rotatable bonds is 0. The van der Waals surface area contributed by atoms with Crippen molar-refractivity contribution in [2.75, 3.05) is 0 Å². The summed E-state index contributed by atoms with van der Waals surface area (Å²) in [4.78, 5) is 11.7. The molecule has 2 aromatic rings.